The summed E-state index contributed by atoms with van der Waals surface area (Å²) in [4.78, 5) is 21.3. The number of hydrogen-bond acceptors (Lipinski definition) is 7. The van der Waals surface area contributed by atoms with Gasteiger partial charge >= 0.3 is 11.9 Å². The molecule has 1 aromatic carbocycles. The van der Waals surface area contributed by atoms with E-state index in [0.29, 0.717) is 21.3 Å². The highest BCUT2D eigenvalue weighted by Crippen LogP contribution is 2.24. The number of aliphatic hydroxyl groups is 2. The fraction of sp³-hybridized carbons (Fsp3) is 0.286. The molecule has 0 aliphatic heterocycles. The zero-order valence-corrected chi connectivity index (χ0v) is 19.9. The van der Waals surface area contributed by atoms with Crippen LogP contribution in [0.3, 0.4) is 0 Å². The third-order valence-electron chi connectivity index (χ3n) is 5.03. The number of benzene rings is 1. The average molecular weight is 544 g/mol. The minimum atomic E-state index is -4.95. The van der Waals surface area contributed by atoms with Gasteiger partial charge in [0.05, 0.1) is 23.5 Å². The van der Waals surface area contributed by atoms with E-state index in [0.717, 1.165) is 9.25 Å². The molecule has 4 rings (SSSR count). The number of alkyl halides is 3. The Hall–Kier alpha value is -3.26. The van der Waals surface area contributed by atoms with Crippen LogP contribution in [0.2, 0.25) is 10.0 Å². The molecule has 0 aliphatic carbocycles. The first-order valence-corrected chi connectivity index (χ1v) is 11.1. The lowest BCUT2D eigenvalue weighted by atomic mass is 10.2. The molecule has 3 heterocycles. The van der Waals surface area contributed by atoms with E-state index in [1.54, 1.807) is 0 Å². The first-order valence-electron chi connectivity index (χ1n) is 10.4. The first-order chi connectivity index (χ1) is 16.9. The molecule has 0 bridgehead atoms. The lowest BCUT2D eigenvalue weighted by Gasteiger charge is -2.15. The largest absolute Gasteiger partial charge is 0.416 e. The maximum absolute atomic E-state index is 13.1. The molecule has 2 N–H and O–H groups in total. The van der Waals surface area contributed by atoms with Crippen molar-refractivity contribution in [2.75, 3.05) is 0 Å². The van der Waals surface area contributed by atoms with Crippen LogP contribution in [0.1, 0.15) is 24.7 Å². The Morgan fingerprint density at radius 3 is 2.36 bits per heavy atom. The van der Waals surface area contributed by atoms with Crippen LogP contribution in [0.25, 0.3) is 17.1 Å². The van der Waals surface area contributed by atoms with Crippen LogP contribution >= 0.6 is 23.2 Å². The summed E-state index contributed by atoms with van der Waals surface area (Å²) in [6.07, 6.45) is -5.96. The Bertz CT molecular complexity index is 1430. The maximum atomic E-state index is 13.1. The van der Waals surface area contributed by atoms with Gasteiger partial charge in [0.25, 0.3) is 0 Å². The Kier molecular flexibility index (Phi) is 7.18. The highest BCUT2D eigenvalue weighted by atomic mass is 35.5. The van der Waals surface area contributed by atoms with E-state index in [4.69, 9.17) is 23.2 Å². The van der Waals surface area contributed by atoms with Gasteiger partial charge in [0.2, 0.25) is 0 Å². The predicted molar refractivity (Wildman–Crippen MR) is 123 cm³/mol. The number of hydrogen-bond donors (Lipinski definition) is 2. The van der Waals surface area contributed by atoms with Gasteiger partial charge in [-0.1, -0.05) is 23.2 Å². The van der Waals surface area contributed by atoms with Crippen molar-refractivity contribution in [1.29, 1.82) is 0 Å². The van der Waals surface area contributed by atoms with Crippen LogP contribution in [0.5, 0.6) is 0 Å². The lowest BCUT2D eigenvalue weighted by Crippen LogP contribution is -2.37. The first kappa shape index (κ1) is 25.8. The Balaban J connectivity index is 1.77. The zero-order valence-electron chi connectivity index (χ0n) is 18.4. The molecule has 0 radical (unpaired) electrons. The quantitative estimate of drug-likeness (QED) is 0.367. The number of aliphatic hydroxyl groups excluding tert-OH is 2. The van der Waals surface area contributed by atoms with Crippen LogP contribution in [0, 0.1) is 0 Å². The van der Waals surface area contributed by atoms with Crippen molar-refractivity contribution >= 4 is 23.2 Å². The summed E-state index contributed by atoms with van der Waals surface area (Å²) in [7, 11) is 0. The molecule has 0 aliphatic rings. The van der Waals surface area contributed by atoms with Gasteiger partial charge < -0.3 is 10.2 Å². The van der Waals surface area contributed by atoms with E-state index in [9.17, 15) is 28.2 Å². The van der Waals surface area contributed by atoms with E-state index < -0.39 is 30.6 Å². The molecule has 0 spiro atoms. The summed E-state index contributed by atoms with van der Waals surface area (Å²) in [5.74, 6) is 0.0396. The van der Waals surface area contributed by atoms with Crippen LogP contribution in [-0.4, -0.2) is 56.6 Å². The van der Waals surface area contributed by atoms with Gasteiger partial charge in [-0.05, 0) is 37.3 Å². The van der Waals surface area contributed by atoms with Crippen LogP contribution in [0.15, 0.2) is 47.5 Å². The van der Waals surface area contributed by atoms with Crippen molar-refractivity contribution in [3.05, 3.63) is 74.9 Å². The highest BCUT2D eigenvalue weighted by molar-refractivity contribution is 6.30. The Morgan fingerprint density at radius 2 is 1.75 bits per heavy atom. The second kappa shape index (κ2) is 10.0. The van der Waals surface area contributed by atoms with E-state index in [-0.39, 0.29) is 24.0 Å². The summed E-state index contributed by atoms with van der Waals surface area (Å²) in [6.45, 7) is 0.0465. The molecule has 0 amide bonds. The summed E-state index contributed by atoms with van der Waals surface area (Å²) >= 11 is 11.9. The summed E-state index contributed by atoms with van der Waals surface area (Å²) in [5, 5.41) is 28.9. The highest BCUT2D eigenvalue weighted by Gasteiger charge is 2.39. The summed E-state index contributed by atoms with van der Waals surface area (Å²) in [5.41, 5.74) is -0.231. The number of halogens is 5. The normalized spacial score (nSPS) is 13.7. The van der Waals surface area contributed by atoms with E-state index in [1.165, 1.54) is 54.3 Å². The fourth-order valence-electron chi connectivity index (χ4n) is 3.34. The molecular formula is C21H18Cl2F3N7O3. The molecule has 2 atom stereocenters. The van der Waals surface area contributed by atoms with Gasteiger partial charge in [-0.3, -0.25) is 9.55 Å². The van der Waals surface area contributed by atoms with Crippen molar-refractivity contribution in [3.8, 4) is 17.1 Å². The Labute approximate surface area is 211 Å². The molecule has 3 aromatic heterocycles. The number of pyridine rings is 1. The predicted octanol–water partition coefficient (Wildman–Crippen LogP) is 3.02. The fourth-order valence-corrected chi connectivity index (χ4v) is 3.64. The molecule has 1 unspecified atom stereocenters. The maximum Gasteiger partial charge on any atom is 0.416 e. The molecular weight excluding hydrogens is 526 g/mol. The van der Waals surface area contributed by atoms with Gasteiger partial charge in [0, 0.05) is 16.8 Å². The number of rotatable bonds is 7. The van der Waals surface area contributed by atoms with Gasteiger partial charge in [0.1, 0.15) is 12.6 Å². The molecule has 10 nitrogen and oxygen atoms in total. The van der Waals surface area contributed by atoms with E-state index in [2.05, 4.69) is 20.2 Å². The average Bonchev–Trinajstić information content (AvgIpc) is 3.36. The van der Waals surface area contributed by atoms with Crippen molar-refractivity contribution < 1.29 is 23.4 Å². The monoisotopic (exact) mass is 543 g/mol. The van der Waals surface area contributed by atoms with Crippen molar-refractivity contribution in [2.24, 2.45) is 0 Å². The second-order valence-electron chi connectivity index (χ2n) is 7.77. The molecule has 36 heavy (non-hydrogen) atoms. The minimum absolute atomic E-state index is 0.0386. The lowest BCUT2D eigenvalue weighted by molar-refractivity contribution is -0.207. The Morgan fingerprint density at radius 1 is 1.06 bits per heavy atom. The third-order valence-corrected chi connectivity index (χ3v) is 5.49. The molecule has 15 heteroatoms. The molecule has 4 aromatic rings. The van der Waals surface area contributed by atoms with Crippen molar-refractivity contribution in [3.63, 3.8) is 0 Å². The van der Waals surface area contributed by atoms with Crippen molar-refractivity contribution in [2.45, 2.75) is 38.4 Å². The molecule has 0 saturated carbocycles. The number of aromatic nitrogens is 7. The molecule has 0 saturated heterocycles. The zero-order chi connectivity index (χ0) is 26.2. The van der Waals surface area contributed by atoms with Gasteiger partial charge in [0.15, 0.2) is 23.6 Å². The standard InChI is InChI=1S/C21H18Cl2F3N7O3/c1-11(34)18-28-17(29-33(18)15-6-14(23)7-27-8-15)10-32-20(36)31(9-16(35)21(24,25)26)19(30-32)12-2-4-13(22)5-3-12/h2-8,11,16,34-35H,9-10H2,1H3/t11?,16-/m0/s1. The van der Waals surface area contributed by atoms with Gasteiger partial charge in [-0.25, -0.2) is 19.1 Å². The SMILES string of the molecule is CC(O)c1nc(Cn2nc(-c3ccc(Cl)cc3)n(C[C@H](O)C(F)(F)F)c2=O)nn1-c1cncc(Cl)c1. The minimum Gasteiger partial charge on any atom is -0.385 e. The molecule has 0 fully saturated rings. The van der Waals surface area contributed by atoms with Crippen LogP contribution in [0.4, 0.5) is 13.2 Å². The topological polar surface area (TPSA) is 124 Å². The van der Waals surface area contributed by atoms with Crippen LogP contribution in [-0.2, 0) is 13.1 Å². The molecule has 190 valence electrons. The second-order valence-corrected chi connectivity index (χ2v) is 8.65. The van der Waals surface area contributed by atoms with E-state index in [1.807, 2.05) is 0 Å². The number of nitrogens with zero attached hydrogens (tertiary/aromatic N) is 7. The van der Waals surface area contributed by atoms with Gasteiger partial charge in [-0.2, -0.15) is 13.2 Å². The van der Waals surface area contributed by atoms with Gasteiger partial charge in [-0.15, -0.1) is 10.2 Å². The summed E-state index contributed by atoms with van der Waals surface area (Å²) in [6, 6.07) is 7.48. The smallest absolute Gasteiger partial charge is 0.385 e. The summed E-state index contributed by atoms with van der Waals surface area (Å²) < 4.78 is 42.0. The van der Waals surface area contributed by atoms with Crippen molar-refractivity contribution in [1.82, 2.24) is 34.1 Å². The van der Waals surface area contributed by atoms with Crippen LogP contribution < -0.4 is 5.69 Å². The van der Waals surface area contributed by atoms with E-state index >= 15 is 0 Å². The third kappa shape index (κ3) is 5.43.